The molecule has 0 saturated heterocycles. The molecule has 0 unspecified atom stereocenters. The Bertz CT molecular complexity index is 1460. The van der Waals surface area contributed by atoms with Gasteiger partial charge in [0.1, 0.15) is 0 Å². The van der Waals surface area contributed by atoms with Crippen LogP contribution in [0, 0.1) is 0 Å². The van der Waals surface area contributed by atoms with E-state index in [4.69, 9.17) is 11.5 Å². The van der Waals surface area contributed by atoms with Crippen LogP contribution < -0.4 is 11.5 Å². The van der Waals surface area contributed by atoms with Crippen molar-refractivity contribution in [2.24, 2.45) is 0 Å². The van der Waals surface area contributed by atoms with Gasteiger partial charge in [0.2, 0.25) is 0 Å². The maximum Gasteiger partial charge on any atom is 0.0314 e. The highest BCUT2D eigenvalue weighted by molar-refractivity contribution is 5.43. The van der Waals surface area contributed by atoms with E-state index in [1.54, 1.807) is 22.3 Å². The summed E-state index contributed by atoms with van der Waals surface area (Å²) in [4.78, 5) is 0. The molecule has 4 N–H and O–H groups in total. The van der Waals surface area contributed by atoms with Gasteiger partial charge in [-0.2, -0.15) is 0 Å². The lowest BCUT2D eigenvalue weighted by molar-refractivity contribution is 0.550. The van der Waals surface area contributed by atoms with E-state index < -0.39 is 0 Å². The number of anilines is 2. The third-order valence-electron chi connectivity index (χ3n) is 12.1. The van der Waals surface area contributed by atoms with Gasteiger partial charge in [0, 0.05) is 11.4 Å². The van der Waals surface area contributed by atoms with Crippen LogP contribution in [0.4, 0.5) is 11.4 Å². The van der Waals surface area contributed by atoms with Gasteiger partial charge in [-0.25, -0.2) is 0 Å². The van der Waals surface area contributed by atoms with E-state index in [2.05, 4.69) is 74.5 Å². The third kappa shape index (κ3) is 18.6. The SMILES string of the molecule is CCCCCCCCc1cc(Cc2ccc(N)cc2)ccc1CCCCCCCCCCCCc1ccc(Cc2ccc(N)cc2)cc1CCCCCCCC. The quantitative estimate of drug-likeness (QED) is 0.0397. The zero-order chi connectivity index (χ0) is 39.5. The van der Waals surface area contributed by atoms with Gasteiger partial charge in [0.25, 0.3) is 0 Å². The summed E-state index contributed by atoms with van der Waals surface area (Å²) in [7, 11) is 0. The second-order valence-electron chi connectivity index (χ2n) is 17.1. The van der Waals surface area contributed by atoms with Crippen LogP contribution in [0.15, 0.2) is 84.9 Å². The summed E-state index contributed by atoms with van der Waals surface area (Å²) in [5.41, 5.74) is 25.5. The van der Waals surface area contributed by atoms with Crippen molar-refractivity contribution >= 4 is 11.4 Å². The van der Waals surface area contributed by atoms with Gasteiger partial charge in [-0.1, -0.05) is 190 Å². The van der Waals surface area contributed by atoms with Crippen LogP contribution in [0.3, 0.4) is 0 Å². The zero-order valence-electron chi connectivity index (χ0n) is 36.0. The molecule has 306 valence electrons. The van der Waals surface area contributed by atoms with E-state index in [0.717, 1.165) is 24.2 Å². The number of hydrogen-bond acceptors (Lipinski definition) is 2. The Hall–Kier alpha value is -3.52. The maximum absolute atomic E-state index is 5.94. The maximum atomic E-state index is 5.94. The van der Waals surface area contributed by atoms with Gasteiger partial charge < -0.3 is 11.5 Å². The molecule has 2 nitrogen and oxygen atoms in total. The summed E-state index contributed by atoms with van der Waals surface area (Å²) in [6.07, 6.45) is 37.0. The van der Waals surface area contributed by atoms with Crippen molar-refractivity contribution in [3.8, 4) is 0 Å². The molecule has 0 aromatic heterocycles. The molecule has 0 fully saturated rings. The van der Waals surface area contributed by atoms with Crippen molar-refractivity contribution in [2.75, 3.05) is 11.5 Å². The van der Waals surface area contributed by atoms with E-state index >= 15 is 0 Å². The summed E-state index contributed by atoms with van der Waals surface area (Å²) < 4.78 is 0. The Morgan fingerprint density at radius 2 is 0.554 bits per heavy atom. The average Bonchev–Trinajstić information content (AvgIpc) is 3.21. The van der Waals surface area contributed by atoms with Crippen LogP contribution in [0.25, 0.3) is 0 Å². The molecule has 0 amide bonds. The van der Waals surface area contributed by atoms with Crippen molar-refractivity contribution in [3.05, 3.63) is 129 Å². The van der Waals surface area contributed by atoms with Crippen molar-refractivity contribution in [2.45, 2.75) is 194 Å². The first-order chi connectivity index (χ1) is 27.5. The summed E-state index contributed by atoms with van der Waals surface area (Å²) in [6, 6.07) is 31.5. The van der Waals surface area contributed by atoms with Crippen LogP contribution in [0.1, 0.15) is 200 Å². The summed E-state index contributed by atoms with van der Waals surface area (Å²) in [5, 5.41) is 0. The largest absolute Gasteiger partial charge is 0.399 e. The van der Waals surface area contributed by atoms with Gasteiger partial charge in [-0.15, -0.1) is 0 Å². The molecule has 0 aliphatic heterocycles. The number of nitrogen functional groups attached to an aromatic ring is 2. The first-order valence-corrected chi connectivity index (χ1v) is 23.4. The number of rotatable bonds is 31. The average molecular weight is 757 g/mol. The first kappa shape index (κ1) is 45.2. The highest BCUT2D eigenvalue weighted by atomic mass is 14.5. The molecule has 0 spiro atoms. The lowest BCUT2D eigenvalue weighted by Gasteiger charge is -2.13. The van der Waals surface area contributed by atoms with Gasteiger partial charge in [0.15, 0.2) is 0 Å². The Morgan fingerprint density at radius 3 is 0.875 bits per heavy atom. The van der Waals surface area contributed by atoms with Crippen molar-refractivity contribution in [1.82, 2.24) is 0 Å². The van der Waals surface area contributed by atoms with Crippen LogP contribution in [-0.2, 0) is 38.5 Å². The number of benzene rings is 4. The van der Waals surface area contributed by atoms with Crippen LogP contribution >= 0.6 is 0 Å². The molecule has 2 heteroatoms. The monoisotopic (exact) mass is 757 g/mol. The molecule has 56 heavy (non-hydrogen) atoms. The minimum atomic E-state index is 0.843. The van der Waals surface area contributed by atoms with E-state index in [1.807, 2.05) is 24.3 Å². The Kier molecular flexibility index (Phi) is 22.6. The van der Waals surface area contributed by atoms with Gasteiger partial charge in [-0.3, -0.25) is 0 Å². The molecule has 0 bridgehead atoms. The molecule has 0 atom stereocenters. The molecule has 0 aliphatic rings. The van der Waals surface area contributed by atoms with Crippen LogP contribution in [-0.4, -0.2) is 0 Å². The zero-order valence-corrected chi connectivity index (χ0v) is 36.0. The summed E-state index contributed by atoms with van der Waals surface area (Å²) in [6.45, 7) is 4.61. The minimum Gasteiger partial charge on any atom is -0.399 e. The lowest BCUT2D eigenvalue weighted by atomic mass is 9.92. The van der Waals surface area contributed by atoms with Crippen LogP contribution in [0.5, 0.6) is 0 Å². The van der Waals surface area contributed by atoms with Crippen molar-refractivity contribution < 1.29 is 0 Å². The van der Waals surface area contributed by atoms with Crippen molar-refractivity contribution in [3.63, 3.8) is 0 Å². The predicted molar refractivity (Wildman–Crippen MR) is 248 cm³/mol. The normalized spacial score (nSPS) is 11.4. The van der Waals surface area contributed by atoms with Gasteiger partial charge >= 0.3 is 0 Å². The Labute approximate surface area is 344 Å². The fraction of sp³-hybridized carbons (Fsp3) is 0.556. The Morgan fingerprint density at radius 1 is 0.286 bits per heavy atom. The van der Waals surface area contributed by atoms with Crippen molar-refractivity contribution in [1.29, 1.82) is 0 Å². The molecule has 0 radical (unpaired) electrons. The standard InChI is InChI=1S/C54H80N2/c1-3-5-7-9-17-23-27-51-43-47(41-45-31-37-53(55)38-32-45)29-35-49(51)25-21-19-15-13-11-12-14-16-20-22-26-50-36-30-48(42-46-33-39-54(56)40-34-46)44-52(50)28-24-18-10-8-6-4-2/h29-40,43-44H,3-28,41-42,55-56H2,1-2H3. The molecular formula is C54H80N2. The molecule has 4 aromatic carbocycles. The molecule has 4 rings (SSSR count). The highest BCUT2D eigenvalue weighted by Crippen LogP contribution is 2.24. The number of aryl methyl sites for hydroxylation is 4. The number of unbranched alkanes of at least 4 members (excludes halogenated alkanes) is 19. The fourth-order valence-electron chi connectivity index (χ4n) is 8.51. The van der Waals surface area contributed by atoms with E-state index in [9.17, 15) is 0 Å². The van der Waals surface area contributed by atoms with E-state index in [1.165, 1.54) is 189 Å². The Balaban J connectivity index is 1.11. The topological polar surface area (TPSA) is 52.0 Å². The van der Waals surface area contributed by atoms with E-state index in [-0.39, 0.29) is 0 Å². The molecule has 0 saturated carbocycles. The number of hydrogen-bond donors (Lipinski definition) is 2. The summed E-state index contributed by atoms with van der Waals surface area (Å²) in [5.74, 6) is 0. The predicted octanol–water partition coefficient (Wildman–Crippen LogP) is 15.5. The highest BCUT2D eigenvalue weighted by Gasteiger charge is 2.08. The fourth-order valence-corrected chi connectivity index (χ4v) is 8.51. The minimum absolute atomic E-state index is 0.843. The first-order valence-electron chi connectivity index (χ1n) is 23.4. The molecule has 0 heterocycles. The molecular weight excluding hydrogens is 677 g/mol. The van der Waals surface area contributed by atoms with Crippen LogP contribution in [0.2, 0.25) is 0 Å². The van der Waals surface area contributed by atoms with Gasteiger partial charge in [0.05, 0.1) is 0 Å². The molecule has 4 aromatic rings. The molecule has 0 aliphatic carbocycles. The third-order valence-corrected chi connectivity index (χ3v) is 12.1. The van der Waals surface area contributed by atoms with E-state index in [0.29, 0.717) is 0 Å². The van der Waals surface area contributed by atoms with Gasteiger partial charge in [-0.05, 0) is 133 Å². The smallest absolute Gasteiger partial charge is 0.0314 e. The second-order valence-corrected chi connectivity index (χ2v) is 17.1. The second kappa shape index (κ2) is 28.0. The summed E-state index contributed by atoms with van der Waals surface area (Å²) >= 11 is 0. The number of nitrogens with two attached hydrogens (primary N) is 2. The lowest BCUT2D eigenvalue weighted by Crippen LogP contribution is -1.99.